The van der Waals surface area contributed by atoms with Crippen LogP contribution in [0.4, 0.5) is 5.69 Å². The number of methoxy groups -OCH3 is 1. The second-order valence-electron chi connectivity index (χ2n) is 4.58. The Labute approximate surface area is 115 Å². The molecule has 1 aromatic carbocycles. The summed E-state index contributed by atoms with van der Waals surface area (Å²) < 4.78 is 31.5. The predicted molar refractivity (Wildman–Crippen MR) is 78.2 cm³/mol. The fraction of sp³-hybridized carbons (Fsp3) is 0.538. The molecule has 19 heavy (non-hydrogen) atoms. The SMILES string of the molecule is COc1ccccc1NS(=O)(=O)CCCNC(C)C. The van der Waals surface area contributed by atoms with Crippen LogP contribution in [0.3, 0.4) is 0 Å². The molecule has 0 bridgehead atoms. The van der Waals surface area contributed by atoms with Crippen molar-refractivity contribution in [1.29, 1.82) is 0 Å². The van der Waals surface area contributed by atoms with Gasteiger partial charge in [-0.05, 0) is 25.1 Å². The average Bonchev–Trinajstić information content (AvgIpc) is 2.35. The Morgan fingerprint density at radius 2 is 1.95 bits per heavy atom. The molecule has 108 valence electrons. The van der Waals surface area contributed by atoms with Crippen LogP contribution in [0.25, 0.3) is 0 Å². The first-order valence-corrected chi connectivity index (χ1v) is 7.97. The van der Waals surface area contributed by atoms with Gasteiger partial charge in [-0.25, -0.2) is 8.42 Å². The maximum absolute atomic E-state index is 11.9. The van der Waals surface area contributed by atoms with Crippen molar-refractivity contribution < 1.29 is 13.2 Å². The van der Waals surface area contributed by atoms with Gasteiger partial charge in [0, 0.05) is 6.04 Å². The summed E-state index contributed by atoms with van der Waals surface area (Å²) in [7, 11) is -1.82. The molecule has 0 fully saturated rings. The van der Waals surface area contributed by atoms with E-state index in [9.17, 15) is 8.42 Å². The normalized spacial score (nSPS) is 11.6. The number of hydrogen-bond donors (Lipinski definition) is 2. The van der Waals surface area contributed by atoms with Crippen molar-refractivity contribution in [1.82, 2.24) is 5.32 Å². The fourth-order valence-electron chi connectivity index (χ4n) is 1.60. The second kappa shape index (κ2) is 7.35. The zero-order chi connectivity index (χ0) is 14.3. The Kier molecular flexibility index (Phi) is 6.11. The lowest BCUT2D eigenvalue weighted by Crippen LogP contribution is -2.26. The third-order valence-electron chi connectivity index (χ3n) is 2.51. The molecule has 0 aliphatic heterocycles. The van der Waals surface area contributed by atoms with Crippen molar-refractivity contribution in [3.63, 3.8) is 0 Å². The number of benzene rings is 1. The maximum atomic E-state index is 11.9. The molecule has 6 heteroatoms. The number of para-hydroxylation sites is 2. The zero-order valence-electron chi connectivity index (χ0n) is 11.6. The smallest absolute Gasteiger partial charge is 0.232 e. The first kappa shape index (κ1) is 15.8. The number of sulfonamides is 1. The summed E-state index contributed by atoms with van der Waals surface area (Å²) >= 11 is 0. The minimum atomic E-state index is -3.34. The molecule has 0 amide bonds. The van der Waals surface area contributed by atoms with E-state index in [1.54, 1.807) is 24.3 Å². The average molecular weight is 286 g/mol. The third-order valence-corrected chi connectivity index (χ3v) is 3.87. The van der Waals surface area contributed by atoms with Gasteiger partial charge in [-0.2, -0.15) is 0 Å². The first-order chi connectivity index (χ1) is 8.94. The summed E-state index contributed by atoms with van der Waals surface area (Å²) in [5, 5.41) is 3.19. The summed E-state index contributed by atoms with van der Waals surface area (Å²) in [6, 6.07) is 7.33. The lowest BCUT2D eigenvalue weighted by atomic mass is 10.3. The van der Waals surface area contributed by atoms with Crippen LogP contribution in [0.5, 0.6) is 5.75 Å². The van der Waals surface area contributed by atoms with Crippen molar-refractivity contribution in [3.8, 4) is 5.75 Å². The third kappa shape index (κ3) is 5.94. The number of rotatable bonds is 8. The van der Waals surface area contributed by atoms with Crippen LogP contribution in [0.2, 0.25) is 0 Å². The van der Waals surface area contributed by atoms with E-state index < -0.39 is 10.0 Å². The Hall–Kier alpha value is -1.27. The van der Waals surface area contributed by atoms with Crippen LogP contribution >= 0.6 is 0 Å². The Bertz CT molecular complexity index is 486. The van der Waals surface area contributed by atoms with Gasteiger partial charge in [-0.15, -0.1) is 0 Å². The van der Waals surface area contributed by atoms with Gasteiger partial charge in [0.05, 0.1) is 18.6 Å². The molecule has 0 aromatic heterocycles. The van der Waals surface area contributed by atoms with E-state index in [2.05, 4.69) is 10.0 Å². The van der Waals surface area contributed by atoms with Gasteiger partial charge in [-0.3, -0.25) is 4.72 Å². The van der Waals surface area contributed by atoms with E-state index >= 15 is 0 Å². The van der Waals surface area contributed by atoms with Crippen molar-refractivity contribution in [2.75, 3.05) is 24.1 Å². The summed E-state index contributed by atoms with van der Waals surface area (Å²) in [5.74, 6) is 0.608. The Morgan fingerprint density at radius 1 is 1.26 bits per heavy atom. The molecule has 0 atom stereocenters. The summed E-state index contributed by atoms with van der Waals surface area (Å²) in [6.07, 6.45) is 0.572. The minimum Gasteiger partial charge on any atom is -0.495 e. The van der Waals surface area contributed by atoms with E-state index in [-0.39, 0.29) is 5.75 Å². The molecule has 0 radical (unpaired) electrons. The molecule has 0 saturated carbocycles. The minimum absolute atomic E-state index is 0.0881. The molecule has 0 aliphatic rings. The van der Waals surface area contributed by atoms with Crippen molar-refractivity contribution >= 4 is 15.7 Å². The van der Waals surface area contributed by atoms with Crippen molar-refractivity contribution in [3.05, 3.63) is 24.3 Å². The molecule has 0 heterocycles. The number of hydrogen-bond acceptors (Lipinski definition) is 4. The number of ether oxygens (including phenoxy) is 1. The predicted octanol–water partition coefficient (Wildman–Crippen LogP) is 1.82. The van der Waals surface area contributed by atoms with E-state index in [4.69, 9.17) is 4.74 Å². The van der Waals surface area contributed by atoms with Gasteiger partial charge >= 0.3 is 0 Å². The van der Waals surface area contributed by atoms with E-state index in [1.807, 2.05) is 13.8 Å². The highest BCUT2D eigenvalue weighted by Crippen LogP contribution is 2.24. The maximum Gasteiger partial charge on any atom is 0.232 e. The summed E-state index contributed by atoms with van der Waals surface area (Å²) in [5.41, 5.74) is 0.474. The molecular weight excluding hydrogens is 264 g/mol. The fourth-order valence-corrected chi connectivity index (χ4v) is 2.73. The lowest BCUT2D eigenvalue weighted by Gasteiger charge is -2.12. The monoisotopic (exact) mass is 286 g/mol. The highest BCUT2D eigenvalue weighted by Gasteiger charge is 2.12. The number of nitrogens with one attached hydrogen (secondary N) is 2. The standard InChI is InChI=1S/C13H22N2O3S/c1-11(2)14-9-6-10-19(16,17)15-12-7-4-5-8-13(12)18-3/h4-5,7-8,11,14-15H,6,9-10H2,1-3H3. The van der Waals surface area contributed by atoms with Crippen molar-refractivity contribution in [2.45, 2.75) is 26.3 Å². The topological polar surface area (TPSA) is 67.4 Å². The first-order valence-electron chi connectivity index (χ1n) is 6.31. The van der Waals surface area contributed by atoms with Gasteiger partial charge in [0.15, 0.2) is 0 Å². The number of anilines is 1. The molecule has 5 nitrogen and oxygen atoms in total. The van der Waals surface area contributed by atoms with E-state index in [1.165, 1.54) is 7.11 Å². The molecule has 0 saturated heterocycles. The van der Waals surface area contributed by atoms with Crippen LogP contribution in [0, 0.1) is 0 Å². The molecule has 0 spiro atoms. The van der Waals surface area contributed by atoms with Crippen LogP contribution in [-0.2, 0) is 10.0 Å². The van der Waals surface area contributed by atoms with E-state index in [0.717, 1.165) is 0 Å². The Balaban J connectivity index is 2.54. The van der Waals surface area contributed by atoms with Gasteiger partial charge in [0.25, 0.3) is 0 Å². The molecule has 1 rings (SSSR count). The molecule has 2 N–H and O–H groups in total. The van der Waals surface area contributed by atoms with Crippen LogP contribution in [0.1, 0.15) is 20.3 Å². The quantitative estimate of drug-likeness (QED) is 0.715. The van der Waals surface area contributed by atoms with Crippen LogP contribution < -0.4 is 14.8 Å². The van der Waals surface area contributed by atoms with Gasteiger partial charge in [0.1, 0.15) is 5.75 Å². The van der Waals surface area contributed by atoms with Gasteiger partial charge < -0.3 is 10.1 Å². The van der Waals surface area contributed by atoms with Crippen molar-refractivity contribution in [2.24, 2.45) is 0 Å². The summed E-state index contributed by atoms with van der Waals surface area (Å²) in [4.78, 5) is 0. The highest BCUT2D eigenvalue weighted by atomic mass is 32.2. The molecule has 1 aromatic rings. The zero-order valence-corrected chi connectivity index (χ0v) is 12.5. The van der Waals surface area contributed by atoms with E-state index in [0.29, 0.717) is 30.4 Å². The lowest BCUT2D eigenvalue weighted by molar-refractivity contribution is 0.417. The van der Waals surface area contributed by atoms with Gasteiger partial charge in [0.2, 0.25) is 10.0 Å². The molecular formula is C13H22N2O3S. The largest absolute Gasteiger partial charge is 0.495 e. The van der Waals surface area contributed by atoms with Gasteiger partial charge in [-0.1, -0.05) is 26.0 Å². The molecule has 0 unspecified atom stereocenters. The second-order valence-corrected chi connectivity index (χ2v) is 6.43. The Morgan fingerprint density at radius 3 is 2.58 bits per heavy atom. The van der Waals surface area contributed by atoms with Crippen LogP contribution in [-0.4, -0.2) is 33.9 Å². The van der Waals surface area contributed by atoms with Crippen LogP contribution in [0.15, 0.2) is 24.3 Å². The molecule has 0 aliphatic carbocycles. The highest BCUT2D eigenvalue weighted by molar-refractivity contribution is 7.92. The summed E-state index contributed by atoms with van der Waals surface area (Å²) in [6.45, 7) is 4.74.